The summed E-state index contributed by atoms with van der Waals surface area (Å²) in [4.78, 5) is 34.4. The maximum atomic E-state index is 12.1. The van der Waals surface area contributed by atoms with E-state index in [1.54, 1.807) is 42.8 Å². The second kappa shape index (κ2) is 9.81. The smallest absolute Gasteiger partial charge is 0.338 e. The molecular weight excluding hydrogens is 376 g/mol. The lowest BCUT2D eigenvalue weighted by atomic mass is 10.1. The van der Waals surface area contributed by atoms with Gasteiger partial charge in [0.1, 0.15) is 11.4 Å². The first kappa shape index (κ1) is 22.1. The first-order chi connectivity index (χ1) is 13.7. The number of carbonyl (C=O) groups is 2. The highest BCUT2D eigenvalue weighted by Gasteiger charge is 2.21. The molecule has 9 heteroatoms. The van der Waals surface area contributed by atoms with E-state index in [0.29, 0.717) is 36.0 Å². The van der Waals surface area contributed by atoms with Crippen molar-refractivity contribution in [3.8, 4) is 0 Å². The van der Waals surface area contributed by atoms with Crippen LogP contribution in [0.1, 0.15) is 47.6 Å². The van der Waals surface area contributed by atoms with Crippen LogP contribution in [0.3, 0.4) is 0 Å². The molecule has 1 aromatic heterocycles. The molecule has 0 saturated heterocycles. The number of esters is 1. The zero-order valence-corrected chi connectivity index (χ0v) is 17.1. The van der Waals surface area contributed by atoms with Crippen molar-refractivity contribution < 1.29 is 19.2 Å². The number of benzene rings is 1. The van der Waals surface area contributed by atoms with Crippen LogP contribution in [0.25, 0.3) is 0 Å². The van der Waals surface area contributed by atoms with Crippen LogP contribution in [0.5, 0.6) is 0 Å². The first-order valence-electron chi connectivity index (χ1n) is 9.40. The number of aryl methyl sites for hydroxylation is 1. The molecule has 1 heterocycles. The number of rotatable bonds is 9. The number of nitrogens with one attached hydrogen (secondary N) is 1. The zero-order chi connectivity index (χ0) is 21.6. The van der Waals surface area contributed by atoms with Gasteiger partial charge in [0, 0.05) is 6.54 Å². The minimum Gasteiger partial charge on any atom is -0.452 e. The molecule has 0 spiro atoms. The molecule has 1 N–H and O–H groups in total. The van der Waals surface area contributed by atoms with Crippen molar-refractivity contribution in [1.29, 1.82) is 0 Å². The number of nitro groups is 1. The maximum Gasteiger partial charge on any atom is 0.338 e. The van der Waals surface area contributed by atoms with Gasteiger partial charge in [-0.25, -0.2) is 4.79 Å². The summed E-state index contributed by atoms with van der Waals surface area (Å²) < 4.78 is 6.58. The molecule has 0 unspecified atom stereocenters. The number of ether oxygens (including phenoxy) is 1. The average Bonchev–Trinajstić information content (AvgIpc) is 2.93. The number of hydrogen-bond acceptors (Lipinski definition) is 6. The summed E-state index contributed by atoms with van der Waals surface area (Å²) in [5.74, 6) is -0.434. The van der Waals surface area contributed by atoms with Crippen LogP contribution in [0.15, 0.2) is 24.3 Å². The molecule has 0 aliphatic rings. The second-order valence-corrected chi connectivity index (χ2v) is 7.24. The first-order valence-corrected chi connectivity index (χ1v) is 9.40. The molecule has 0 fully saturated rings. The Hall–Kier alpha value is -3.23. The summed E-state index contributed by atoms with van der Waals surface area (Å²) in [7, 11) is 0. The molecular formula is C20H26N4O5. The predicted molar refractivity (Wildman–Crippen MR) is 107 cm³/mol. The number of carbonyl (C=O) groups excluding carboxylic acids is 2. The van der Waals surface area contributed by atoms with Crippen LogP contribution in [0.4, 0.5) is 5.69 Å². The molecule has 1 aromatic carbocycles. The third kappa shape index (κ3) is 6.13. The summed E-state index contributed by atoms with van der Waals surface area (Å²) in [6.07, 6.45) is 0.861. The summed E-state index contributed by atoms with van der Waals surface area (Å²) in [6, 6.07) is 6.63. The standard InChI is InChI=1S/C20H26N4O5/c1-13(2)9-10-21-18(25)12-29-20(26)17-7-5-16(6-8-17)11-23-15(4)19(24(27)28)14(3)22-23/h5-8,13H,9-12H2,1-4H3,(H,21,25). The molecule has 9 nitrogen and oxygen atoms in total. The zero-order valence-electron chi connectivity index (χ0n) is 17.1. The Bertz CT molecular complexity index is 887. The minimum absolute atomic E-state index is 0.0110. The number of amides is 1. The van der Waals surface area contributed by atoms with Crippen molar-refractivity contribution in [2.24, 2.45) is 5.92 Å². The van der Waals surface area contributed by atoms with Gasteiger partial charge < -0.3 is 10.1 Å². The Morgan fingerprint density at radius 2 is 1.90 bits per heavy atom. The Kier molecular flexibility index (Phi) is 7.46. The molecule has 1 amide bonds. The minimum atomic E-state index is -0.586. The van der Waals surface area contributed by atoms with Gasteiger partial charge in [-0.1, -0.05) is 26.0 Å². The lowest BCUT2D eigenvalue weighted by Crippen LogP contribution is -2.30. The number of aromatic nitrogens is 2. The molecule has 0 atom stereocenters. The van der Waals surface area contributed by atoms with Gasteiger partial charge in [-0.3, -0.25) is 19.6 Å². The Morgan fingerprint density at radius 1 is 1.24 bits per heavy atom. The third-order valence-corrected chi connectivity index (χ3v) is 4.43. The van der Waals surface area contributed by atoms with Gasteiger partial charge in [-0.05, 0) is 43.9 Å². The molecule has 29 heavy (non-hydrogen) atoms. The third-order valence-electron chi connectivity index (χ3n) is 4.43. The van der Waals surface area contributed by atoms with Crippen molar-refractivity contribution >= 4 is 17.6 Å². The van der Waals surface area contributed by atoms with E-state index in [4.69, 9.17) is 4.74 Å². The van der Waals surface area contributed by atoms with Crippen molar-refractivity contribution in [1.82, 2.24) is 15.1 Å². The highest BCUT2D eigenvalue weighted by molar-refractivity contribution is 5.91. The van der Waals surface area contributed by atoms with E-state index in [-0.39, 0.29) is 18.2 Å². The van der Waals surface area contributed by atoms with Gasteiger partial charge in [0.25, 0.3) is 5.91 Å². The van der Waals surface area contributed by atoms with E-state index in [1.165, 1.54) is 0 Å². The normalized spacial score (nSPS) is 10.8. The molecule has 2 rings (SSSR count). The fourth-order valence-corrected chi connectivity index (χ4v) is 2.79. The Labute approximate surface area is 169 Å². The number of hydrogen-bond donors (Lipinski definition) is 1. The Morgan fingerprint density at radius 3 is 2.45 bits per heavy atom. The monoisotopic (exact) mass is 402 g/mol. The summed E-state index contributed by atoms with van der Waals surface area (Å²) in [5.41, 5.74) is 1.99. The van der Waals surface area contributed by atoms with E-state index >= 15 is 0 Å². The van der Waals surface area contributed by atoms with Gasteiger partial charge in [0.15, 0.2) is 6.61 Å². The van der Waals surface area contributed by atoms with Crippen molar-refractivity contribution in [2.45, 2.75) is 40.7 Å². The van der Waals surface area contributed by atoms with Crippen molar-refractivity contribution in [3.05, 3.63) is 56.9 Å². The predicted octanol–water partition coefficient (Wildman–Crippen LogP) is 2.78. The van der Waals surface area contributed by atoms with Crippen molar-refractivity contribution in [2.75, 3.05) is 13.2 Å². The van der Waals surface area contributed by atoms with E-state index in [2.05, 4.69) is 24.3 Å². The lowest BCUT2D eigenvalue weighted by molar-refractivity contribution is -0.386. The fourth-order valence-electron chi connectivity index (χ4n) is 2.79. The average molecular weight is 402 g/mol. The quantitative estimate of drug-likeness (QED) is 0.392. The van der Waals surface area contributed by atoms with Gasteiger partial charge in [0.05, 0.1) is 17.0 Å². The van der Waals surface area contributed by atoms with Crippen LogP contribution in [-0.2, 0) is 16.1 Å². The van der Waals surface area contributed by atoms with E-state index in [1.807, 2.05) is 0 Å². The summed E-state index contributed by atoms with van der Waals surface area (Å²) in [6.45, 7) is 7.93. The van der Waals surface area contributed by atoms with Gasteiger partial charge in [-0.15, -0.1) is 0 Å². The van der Waals surface area contributed by atoms with E-state index in [9.17, 15) is 19.7 Å². The maximum absolute atomic E-state index is 12.1. The summed E-state index contributed by atoms with van der Waals surface area (Å²) >= 11 is 0. The van der Waals surface area contributed by atoms with Gasteiger partial charge in [-0.2, -0.15) is 5.10 Å². The van der Waals surface area contributed by atoms with E-state index < -0.39 is 10.9 Å². The topological polar surface area (TPSA) is 116 Å². The molecule has 0 radical (unpaired) electrons. The van der Waals surface area contributed by atoms with Crippen LogP contribution >= 0.6 is 0 Å². The van der Waals surface area contributed by atoms with Crippen molar-refractivity contribution in [3.63, 3.8) is 0 Å². The molecule has 156 valence electrons. The van der Waals surface area contributed by atoms with Gasteiger partial charge in [0.2, 0.25) is 0 Å². The highest BCUT2D eigenvalue weighted by atomic mass is 16.6. The summed E-state index contributed by atoms with van der Waals surface area (Å²) in [5, 5.41) is 18.0. The van der Waals surface area contributed by atoms with Crippen LogP contribution < -0.4 is 5.32 Å². The van der Waals surface area contributed by atoms with Crippen LogP contribution in [-0.4, -0.2) is 39.7 Å². The highest BCUT2D eigenvalue weighted by Crippen LogP contribution is 2.22. The van der Waals surface area contributed by atoms with Crippen LogP contribution in [0, 0.1) is 29.9 Å². The Balaban J connectivity index is 1.91. The lowest BCUT2D eigenvalue weighted by Gasteiger charge is -2.08. The fraction of sp³-hybridized carbons (Fsp3) is 0.450. The second-order valence-electron chi connectivity index (χ2n) is 7.24. The molecule has 0 aliphatic heterocycles. The molecule has 2 aromatic rings. The molecule has 0 bridgehead atoms. The van der Waals surface area contributed by atoms with E-state index in [0.717, 1.165) is 12.0 Å². The number of nitrogens with zero attached hydrogens (tertiary/aromatic N) is 3. The molecule has 0 aliphatic carbocycles. The molecule has 0 saturated carbocycles. The van der Waals surface area contributed by atoms with Crippen LogP contribution in [0.2, 0.25) is 0 Å². The SMILES string of the molecule is Cc1nn(Cc2ccc(C(=O)OCC(=O)NCCC(C)C)cc2)c(C)c1[N+](=O)[O-]. The largest absolute Gasteiger partial charge is 0.452 e. The van der Waals surface area contributed by atoms with Gasteiger partial charge >= 0.3 is 11.7 Å².